The quantitative estimate of drug-likeness (QED) is 0.443. The molecule has 1 N–H and O–H groups in total. The first kappa shape index (κ1) is 13.4. The Morgan fingerprint density at radius 3 is 2.08 bits per heavy atom. The van der Waals surface area contributed by atoms with E-state index in [4.69, 9.17) is 0 Å². The predicted molar refractivity (Wildman–Crippen MR) is 64.9 cm³/mol. The zero-order valence-corrected chi connectivity index (χ0v) is 10.5. The van der Waals surface area contributed by atoms with Crippen LogP contribution in [0.5, 0.6) is 0 Å². The Balaban J connectivity index is 3.25. The largest absolute Gasteiger partial charge is 0.298 e. The second-order valence-electron chi connectivity index (χ2n) is 3.86. The summed E-state index contributed by atoms with van der Waals surface area (Å²) in [6.45, 7) is 4.53. The van der Waals surface area contributed by atoms with Crippen LogP contribution >= 0.6 is 9.39 Å². The van der Waals surface area contributed by atoms with E-state index in [-0.39, 0.29) is 0 Å². The van der Waals surface area contributed by atoms with Crippen molar-refractivity contribution in [1.82, 2.24) is 5.09 Å². The first-order valence-electron chi connectivity index (χ1n) is 5.81. The van der Waals surface area contributed by atoms with Crippen molar-refractivity contribution in [2.24, 2.45) is 0 Å². The molecule has 0 aliphatic heterocycles. The van der Waals surface area contributed by atoms with Gasteiger partial charge in [-0.15, -0.1) is 0 Å². The van der Waals surface area contributed by atoms with E-state index in [1.807, 2.05) is 0 Å². The van der Waals surface area contributed by atoms with Crippen LogP contribution in [0, 0.1) is 0 Å². The van der Waals surface area contributed by atoms with Crippen LogP contribution in [-0.2, 0) is 0 Å². The molecule has 80 valence electrons. The summed E-state index contributed by atoms with van der Waals surface area (Å²) in [7, 11) is 2.66. The lowest BCUT2D eigenvalue weighted by molar-refractivity contribution is 0.483. The van der Waals surface area contributed by atoms with Crippen LogP contribution < -0.4 is 5.09 Å². The third-order valence-corrected chi connectivity index (χ3v) is 3.02. The normalized spacial score (nSPS) is 13.2. The minimum absolute atomic E-state index is 0.738. The molecule has 2 heteroatoms. The van der Waals surface area contributed by atoms with Crippen LogP contribution in [0.2, 0.25) is 0 Å². The maximum atomic E-state index is 3.33. The average molecular weight is 203 g/mol. The van der Waals surface area contributed by atoms with Gasteiger partial charge in [0.2, 0.25) is 0 Å². The van der Waals surface area contributed by atoms with Crippen LogP contribution in [0.25, 0.3) is 0 Å². The molecule has 1 nitrogen and oxygen atoms in total. The molecule has 0 aromatic heterocycles. The highest BCUT2D eigenvalue weighted by atomic mass is 31.0. The van der Waals surface area contributed by atoms with Gasteiger partial charge in [-0.2, -0.15) is 0 Å². The van der Waals surface area contributed by atoms with Crippen LogP contribution in [0.15, 0.2) is 0 Å². The Labute approximate surface area is 86.3 Å². The number of unbranched alkanes of at least 4 members (excludes halogenated alkanes) is 4. The van der Waals surface area contributed by atoms with Crippen molar-refractivity contribution >= 4 is 9.39 Å². The molecule has 0 aromatic carbocycles. The fourth-order valence-corrected chi connectivity index (χ4v) is 1.91. The molecule has 0 aromatic rings. The Morgan fingerprint density at radius 1 is 0.923 bits per heavy atom. The van der Waals surface area contributed by atoms with E-state index in [2.05, 4.69) is 28.3 Å². The Kier molecular flexibility index (Phi) is 10.8. The summed E-state index contributed by atoms with van der Waals surface area (Å²) in [4.78, 5) is 0. The summed E-state index contributed by atoms with van der Waals surface area (Å²) in [6.07, 6.45) is 10.9. The molecular formula is C11H26NP. The summed E-state index contributed by atoms with van der Waals surface area (Å²) in [6, 6.07) is 0.738. The zero-order valence-electron chi connectivity index (χ0n) is 9.31. The van der Waals surface area contributed by atoms with Gasteiger partial charge in [0.25, 0.3) is 0 Å². The van der Waals surface area contributed by atoms with E-state index in [1.165, 1.54) is 51.4 Å². The highest BCUT2D eigenvalue weighted by Crippen LogP contribution is 2.11. The lowest BCUT2D eigenvalue weighted by Crippen LogP contribution is -2.19. The van der Waals surface area contributed by atoms with Crippen LogP contribution in [-0.4, -0.2) is 6.04 Å². The predicted octanol–water partition coefficient (Wildman–Crippen LogP) is 3.90. The molecule has 0 fully saturated rings. The minimum Gasteiger partial charge on any atom is -0.298 e. The van der Waals surface area contributed by atoms with Gasteiger partial charge < -0.3 is 0 Å². The number of hydrogen-bond donors (Lipinski definition) is 1. The van der Waals surface area contributed by atoms with E-state index >= 15 is 0 Å². The van der Waals surface area contributed by atoms with Crippen LogP contribution in [0.4, 0.5) is 0 Å². The van der Waals surface area contributed by atoms with Gasteiger partial charge in [-0.05, 0) is 12.8 Å². The Bertz CT molecular complexity index is 96.1. The Hall–Kier alpha value is 0.390. The third-order valence-electron chi connectivity index (χ3n) is 2.55. The van der Waals surface area contributed by atoms with E-state index in [0.29, 0.717) is 0 Å². The molecule has 0 saturated heterocycles. The summed E-state index contributed by atoms with van der Waals surface area (Å²) in [5.41, 5.74) is 0. The SMILES string of the molecule is CCCCCCC(CCCC)NP. The van der Waals surface area contributed by atoms with Gasteiger partial charge in [0, 0.05) is 6.04 Å². The Morgan fingerprint density at radius 2 is 1.54 bits per heavy atom. The highest BCUT2D eigenvalue weighted by Gasteiger charge is 2.03. The van der Waals surface area contributed by atoms with Crippen molar-refractivity contribution in [3.63, 3.8) is 0 Å². The van der Waals surface area contributed by atoms with E-state index in [9.17, 15) is 0 Å². The molecule has 0 saturated carbocycles. The maximum Gasteiger partial charge on any atom is 0.00988 e. The highest BCUT2D eigenvalue weighted by molar-refractivity contribution is 7.13. The molecule has 2 unspecified atom stereocenters. The van der Waals surface area contributed by atoms with Gasteiger partial charge in [-0.3, -0.25) is 5.09 Å². The van der Waals surface area contributed by atoms with Crippen molar-refractivity contribution in [2.45, 2.75) is 71.3 Å². The van der Waals surface area contributed by atoms with Crippen molar-refractivity contribution in [1.29, 1.82) is 0 Å². The zero-order chi connectivity index (χ0) is 9.94. The fraction of sp³-hybridized carbons (Fsp3) is 1.00. The van der Waals surface area contributed by atoms with Gasteiger partial charge in [0.1, 0.15) is 0 Å². The van der Waals surface area contributed by atoms with E-state index in [0.717, 1.165) is 6.04 Å². The maximum absolute atomic E-state index is 3.33. The molecule has 0 rings (SSSR count). The monoisotopic (exact) mass is 203 g/mol. The summed E-state index contributed by atoms with van der Waals surface area (Å²) < 4.78 is 0. The third kappa shape index (κ3) is 8.71. The van der Waals surface area contributed by atoms with Gasteiger partial charge in [0.15, 0.2) is 0 Å². The minimum atomic E-state index is 0.738. The molecule has 13 heavy (non-hydrogen) atoms. The van der Waals surface area contributed by atoms with Gasteiger partial charge >= 0.3 is 0 Å². The van der Waals surface area contributed by atoms with Crippen LogP contribution in [0.1, 0.15) is 65.2 Å². The molecule has 0 bridgehead atoms. The number of hydrogen-bond acceptors (Lipinski definition) is 1. The molecule has 0 heterocycles. The average Bonchev–Trinajstić information content (AvgIpc) is 2.17. The summed E-state index contributed by atoms with van der Waals surface area (Å²) >= 11 is 0. The van der Waals surface area contributed by atoms with Gasteiger partial charge in [0.05, 0.1) is 0 Å². The molecule has 0 aliphatic carbocycles. The topological polar surface area (TPSA) is 12.0 Å². The smallest absolute Gasteiger partial charge is 0.00988 e. The fourth-order valence-electron chi connectivity index (χ4n) is 1.58. The summed E-state index contributed by atoms with van der Waals surface area (Å²) in [5.74, 6) is 0. The molecular weight excluding hydrogens is 177 g/mol. The second-order valence-corrected chi connectivity index (χ2v) is 4.19. The van der Waals surface area contributed by atoms with Crippen molar-refractivity contribution in [3.05, 3.63) is 0 Å². The van der Waals surface area contributed by atoms with Gasteiger partial charge in [-0.25, -0.2) is 0 Å². The number of rotatable bonds is 9. The lowest BCUT2D eigenvalue weighted by atomic mass is 10.0. The number of nitrogens with one attached hydrogen (secondary N) is 1. The first-order chi connectivity index (χ1) is 6.35. The van der Waals surface area contributed by atoms with Crippen molar-refractivity contribution < 1.29 is 0 Å². The molecule has 0 spiro atoms. The first-order valence-corrected chi connectivity index (χ1v) is 6.39. The van der Waals surface area contributed by atoms with E-state index in [1.54, 1.807) is 0 Å². The molecule has 0 aliphatic rings. The van der Waals surface area contributed by atoms with Crippen LogP contribution in [0.3, 0.4) is 0 Å². The second kappa shape index (κ2) is 10.5. The van der Waals surface area contributed by atoms with Crippen molar-refractivity contribution in [2.75, 3.05) is 0 Å². The molecule has 0 radical (unpaired) electrons. The molecule has 2 atom stereocenters. The lowest BCUT2D eigenvalue weighted by Gasteiger charge is -2.14. The van der Waals surface area contributed by atoms with Crippen molar-refractivity contribution in [3.8, 4) is 0 Å². The van der Waals surface area contributed by atoms with Gasteiger partial charge in [-0.1, -0.05) is 61.8 Å². The standard InChI is InChI=1S/C11H26NP/c1-3-5-7-8-10-11(12-13)9-6-4-2/h11-12H,3-10,13H2,1-2H3. The molecule has 0 amide bonds. The summed E-state index contributed by atoms with van der Waals surface area (Å²) in [5, 5.41) is 3.33. The van der Waals surface area contributed by atoms with E-state index < -0.39 is 0 Å².